The normalized spacial score (nSPS) is 11.8. The van der Waals surface area contributed by atoms with Crippen molar-refractivity contribution in [1.82, 2.24) is 0 Å². The second kappa shape index (κ2) is 9.18. The van der Waals surface area contributed by atoms with E-state index in [9.17, 15) is 0 Å². The maximum atomic E-state index is 6.03. The van der Waals surface area contributed by atoms with Crippen molar-refractivity contribution < 1.29 is 14.2 Å². The minimum Gasteiger partial charge on any atom is -0.497 e. The average Bonchev–Trinajstić information content (AvgIpc) is 2.62. The van der Waals surface area contributed by atoms with E-state index in [2.05, 4.69) is 18.2 Å². The largest absolute Gasteiger partial charge is 0.497 e. The zero-order valence-electron chi connectivity index (χ0n) is 14.7. The summed E-state index contributed by atoms with van der Waals surface area (Å²) in [6, 6.07) is 14.1. The van der Waals surface area contributed by atoms with E-state index in [1.807, 2.05) is 38.1 Å². The molecule has 0 amide bonds. The van der Waals surface area contributed by atoms with Crippen LogP contribution in [0, 0.1) is 0 Å². The monoisotopic (exact) mass is 329 g/mol. The standard InChI is InChI=1S/C20H27NO3/c1-4-23-19-11-8-16(20(13-19)24-5-2)12-17(14-21)15-6-9-18(22-3)10-7-15/h6-11,13,17H,4-5,12,14,21H2,1-3H3. The Morgan fingerprint density at radius 2 is 1.58 bits per heavy atom. The average molecular weight is 329 g/mol. The number of benzene rings is 2. The molecule has 2 aromatic carbocycles. The molecule has 130 valence electrons. The molecular weight excluding hydrogens is 302 g/mol. The number of rotatable bonds is 9. The molecule has 0 heterocycles. The van der Waals surface area contributed by atoms with Crippen LogP contribution in [0.2, 0.25) is 0 Å². The zero-order chi connectivity index (χ0) is 17.4. The second-order valence-corrected chi connectivity index (χ2v) is 5.55. The van der Waals surface area contributed by atoms with Crippen molar-refractivity contribution in [2.75, 3.05) is 26.9 Å². The van der Waals surface area contributed by atoms with Gasteiger partial charge in [0.25, 0.3) is 0 Å². The van der Waals surface area contributed by atoms with Gasteiger partial charge >= 0.3 is 0 Å². The Balaban J connectivity index is 2.22. The summed E-state index contributed by atoms with van der Waals surface area (Å²) in [5.41, 5.74) is 8.38. The quantitative estimate of drug-likeness (QED) is 0.761. The van der Waals surface area contributed by atoms with Crippen molar-refractivity contribution in [3.05, 3.63) is 53.6 Å². The summed E-state index contributed by atoms with van der Waals surface area (Å²) in [5, 5.41) is 0. The smallest absolute Gasteiger partial charge is 0.126 e. The minimum atomic E-state index is 0.230. The molecule has 4 nitrogen and oxygen atoms in total. The fourth-order valence-electron chi connectivity index (χ4n) is 2.73. The van der Waals surface area contributed by atoms with Gasteiger partial charge in [-0.1, -0.05) is 18.2 Å². The van der Waals surface area contributed by atoms with E-state index in [-0.39, 0.29) is 5.92 Å². The molecule has 0 spiro atoms. The highest BCUT2D eigenvalue weighted by molar-refractivity contribution is 5.42. The summed E-state index contributed by atoms with van der Waals surface area (Å²) in [5.74, 6) is 2.78. The Hall–Kier alpha value is -2.20. The van der Waals surface area contributed by atoms with Crippen LogP contribution in [0.4, 0.5) is 0 Å². The van der Waals surface area contributed by atoms with E-state index < -0.39 is 0 Å². The SMILES string of the molecule is CCOc1ccc(CC(CN)c2ccc(OC)cc2)c(OCC)c1. The molecule has 1 atom stereocenters. The number of ether oxygens (including phenoxy) is 3. The Morgan fingerprint density at radius 3 is 2.17 bits per heavy atom. The van der Waals surface area contributed by atoms with Gasteiger partial charge in [-0.05, 0) is 56.1 Å². The highest BCUT2D eigenvalue weighted by Gasteiger charge is 2.15. The Kier molecular flexibility index (Phi) is 6.94. The molecule has 0 aliphatic carbocycles. The molecule has 2 N–H and O–H groups in total. The lowest BCUT2D eigenvalue weighted by molar-refractivity contribution is 0.320. The predicted molar refractivity (Wildman–Crippen MR) is 97.3 cm³/mol. The molecule has 0 aromatic heterocycles. The number of hydrogen-bond acceptors (Lipinski definition) is 4. The van der Waals surface area contributed by atoms with Crippen LogP contribution in [-0.4, -0.2) is 26.9 Å². The molecule has 0 aliphatic rings. The van der Waals surface area contributed by atoms with Crippen LogP contribution in [0.25, 0.3) is 0 Å². The molecule has 0 bridgehead atoms. The Bertz CT molecular complexity index is 625. The van der Waals surface area contributed by atoms with E-state index in [0.717, 1.165) is 29.2 Å². The lowest BCUT2D eigenvalue weighted by Crippen LogP contribution is -2.15. The zero-order valence-corrected chi connectivity index (χ0v) is 14.7. The molecule has 0 fully saturated rings. The van der Waals surface area contributed by atoms with Crippen LogP contribution in [-0.2, 0) is 6.42 Å². The Labute approximate surface area is 144 Å². The van der Waals surface area contributed by atoms with E-state index in [1.165, 1.54) is 5.56 Å². The first-order valence-corrected chi connectivity index (χ1v) is 8.44. The summed E-state index contributed by atoms with van der Waals surface area (Å²) >= 11 is 0. The van der Waals surface area contributed by atoms with Gasteiger partial charge in [0, 0.05) is 12.0 Å². The van der Waals surface area contributed by atoms with Crippen LogP contribution in [0.5, 0.6) is 17.2 Å². The van der Waals surface area contributed by atoms with Crippen LogP contribution < -0.4 is 19.9 Å². The number of nitrogens with two attached hydrogens (primary N) is 1. The fourth-order valence-corrected chi connectivity index (χ4v) is 2.73. The van der Waals surface area contributed by atoms with Crippen molar-refractivity contribution in [3.8, 4) is 17.2 Å². The lowest BCUT2D eigenvalue weighted by atomic mass is 9.91. The van der Waals surface area contributed by atoms with Gasteiger partial charge in [-0.3, -0.25) is 0 Å². The van der Waals surface area contributed by atoms with Gasteiger partial charge in [0.2, 0.25) is 0 Å². The van der Waals surface area contributed by atoms with E-state index in [4.69, 9.17) is 19.9 Å². The van der Waals surface area contributed by atoms with Gasteiger partial charge in [0.1, 0.15) is 17.2 Å². The molecule has 4 heteroatoms. The van der Waals surface area contributed by atoms with Crippen molar-refractivity contribution >= 4 is 0 Å². The number of hydrogen-bond donors (Lipinski definition) is 1. The van der Waals surface area contributed by atoms with Gasteiger partial charge in [0.15, 0.2) is 0 Å². The van der Waals surface area contributed by atoms with Crippen LogP contribution in [0.15, 0.2) is 42.5 Å². The van der Waals surface area contributed by atoms with Crippen LogP contribution >= 0.6 is 0 Å². The van der Waals surface area contributed by atoms with Gasteiger partial charge in [-0.2, -0.15) is 0 Å². The van der Waals surface area contributed by atoms with Crippen molar-refractivity contribution in [2.24, 2.45) is 5.73 Å². The third-order valence-electron chi connectivity index (χ3n) is 3.99. The predicted octanol–water partition coefficient (Wildman–Crippen LogP) is 3.78. The first-order valence-electron chi connectivity index (χ1n) is 8.44. The molecule has 2 aromatic rings. The first kappa shape index (κ1) is 18.1. The summed E-state index contributed by atoms with van der Waals surface area (Å²) < 4.78 is 16.6. The molecule has 1 unspecified atom stereocenters. The second-order valence-electron chi connectivity index (χ2n) is 5.55. The lowest BCUT2D eigenvalue weighted by Gasteiger charge is -2.19. The van der Waals surface area contributed by atoms with Crippen molar-refractivity contribution in [2.45, 2.75) is 26.2 Å². The third kappa shape index (κ3) is 4.65. The van der Waals surface area contributed by atoms with Gasteiger partial charge < -0.3 is 19.9 Å². The molecular formula is C20H27NO3. The van der Waals surface area contributed by atoms with Crippen LogP contribution in [0.3, 0.4) is 0 Å². The van der Waals surface area contributed by atoms with Crippen LogP contribution in [0.1, 0.15) is 30.9 Å². The molecule has 0 saturated carbocycles. The Morgan fingerprint density at radius 1 is 0.917 bits per heavy atom. The molecule has 0 aliphatic heterocycles. The maximum Gasteiger partial charge on any atom is 0.126 e. The van der Waals surface area contributed by atoms with E-state index >= 15 is 0 Å². The summed E-state index contributed by atoms with van der Waals surface area (Å²) in [6.07, 6.45) is 0.824. The van der Waals surface area contributed by atoms with Gasteiger partial charge in [0.05, 0.1) is 20.3 Å². The highest BCUT2D eigenvalue weighted by atomic mass is 16.5. The molecule has 24 heavy (non-hydrogen) atoms. The third-order valence-corrected chi connectivity index (χ3v) is 3.99. The topological polar surface area (TPSA) is 53.7 Å². The fraction of sp³-hybridized carbons (Fsp3) is 0.400. The van der Waals surface area contributed by atoms with Gasteiger partial charge in [-0.25, -0.2) is 0 Å². The first-order chi connectivity index (χ1) is 11.7. The molecule has 2 rings (SSSR count). The summed E-state index contributed by atoms with van der Waals surface area (Å²) in [6.45, 7) is 5.80. The van der Waals surface area contributed by atoms with Gasteiger partial charge in [-0.15, -0.1) is 0 Å². The van der Waals surface area contributed by atoms with Crippen molar-refractivity contribution in [1.29, 1.82) is 0 Å². The van der Waals surface area contributed by atoms with E-state index in [0.29, 0.717) is 19.8 Å². The maximum absolute atomic E-state index is 6.03. The number of methoxy groups -OCH3 is 1. The minimum absolute atomic E-state index is 0.230. The van der Waals surface area contributed by atoms with E-state index in [1.54, 1.807) is 7.11 Å². The highest BCUT2D eigenvalue weighted by Crippen LogP contribution is 2.30. The summed E-state index contributed by atoms with van der Waals surface area (Å²) in [4.78, 5) is 0. The molecule has 0 radical (unpaired) electrons. The molecule has 0 saturated heterocycles. The summed E-state index contributed by atoms with van der Waals surface area (Å²) in [7, 11) is 1.67. The van der Waals surface area contributed by atoms with Crippen molar-refractivity contribution in [3.63, 3.8) is 0 Å².